The maximum atomic E-state index is 10.8. The number of carboxylic acids is 1. The molecule has 2 N–H and O–H groups in total. The maximum Gasteiger partial charge on any atom is 0.325 e. The summed E-state index contributed by atoms with van der Waals surface area (Å²) in [6, 6.07) is 0.333. The lowest BCUT2D eigenvalue weighted by molar-refractivity contribution is -0.137. The second kappa shape index (κ2) is 5.31. The molecule has 1 aromatic heterocycles. The standard InChI is InChI=1S/C12H19N3O2/c1-2-13-10-5-3-4-6-11-9(10)7-14-15(11)8-12(16)17/h7,10,13H,2-6,8H2,1H3,(H,16,17). The SMILES string of the molecule is CCNC1CCCCc2c1cnn2CC(=O)O. The third kappa shape index (κ3) is 2.66. The number of hydrogen-bond donors (Lipinski definition) is 2. The lowest BCUT2D eigenvalue weighted by atomic mass is 10.1. The van der Waals surface area contributed by atoms with E-state index >= 15 is 0 Å². The maximum absolute atomic E-state index is 10.8. The molecule has 0 aromatic carbocycles. The summed E-state index contributed by atoms with van der Waals surface area (Å²) in [5.74, 6) is -0.833. The van der Waals surface area contributed by atoms with Crippen molar-refractivity contribution in [3.63, 3.8) is 0 Å². The van der Waals surface area contributed by atoms with Crippen molar-refractivity contribution in [1.29, 1.82) is 0 Å². The van der Waals surface area contributed by atoms with Gasteiger partial charge in [-0.15, -0.1) is 0 Å². The molecule has 2 rings (SSSR count). The van der Waals surface area contributed by atoms with Crippen molar-refractivity contribution in [1.82, 2.24) is 15.1 Å². The topological polar surface area (TPSA) is 67.2 Å². The Hall–Kier alpha value is -1.36. The number of aromatic nitrogens is 2. The molecule has 1 aliphatic carbocycles. The van der Waals surface area contributed by atoms with E-state index in [1.807, 2.05) is 6.20 Å². The van der Waals surface area contributed by atoms with Crippen LogP contribution in [-0.4, -0.2) is 27.4 Å². The van der Waals surface area contributed by atoms with Gasteiger partial charge in [0, 0.05) is 17.3 Å². The van der Waals surface area contributed by atoms with Gasteiger partial charge in [-0.1, -0.05) is 13.3 Å². The Morgan fingerprint density at radius 2 is 2.47 bits per heavy atom. The fourth-order valence-electron chi connectivity index (χ4n) is 2.51. The van der Waals surface area contributed by atoms with Crippen molar-refractivity contribution < 1.29 is 9.90 Å². The van der Waals surface area contributed by atoms with Gasteiger partial charge in [-0.2, -0.15) is 5.10 Å². The number of nitrogens with one attached hydrogen (secondary N) is 1. The minimum Gasteiger partial charge on any atom is -0.480 e. The van der Waals surface area contributed by atoms with Crippen molar-refractivity contribution in [3.05, 3.63) is 17.5 Å². The molecular weight excluding hydrogens is 218 g/mol. The molecule has 0 fully saturated rings. The van der Waals surface area contributed by atoms with E-state index in [0.717, 1.165) is 31.5 Å². The van der Waals surface area contributed by atoms with E-state index in [-0.39, 0.29) is 6.54 Å². The van der Waals surface area contributed by atoms with E-state index in [4.69, 9.17) is 5.11 Å². The van der Waals surface area contributed by atoms with Crippen LogP contribution in [0.2, 0.25) is 0 Å². The van der Waals surface area contributed by atoms with E-state index in [9.17, 15) is 4.79 Å². The number of nitrogens with zero attached hydrogens (tertiary/aromatic N) is 2. The minimum absolute atomic E-state index is 0.0336. The fraction of sp³-hybridized carbons (Fsp3) is 0.667. The Morgan fingerprint density at radius 1 is 1.65 bits per heavy atom. The molecule has 1 aliphatic rings. The highest BCUT2D eigenvalue weighted by Gasteiger charge is 2.22. The van der Waals surface area contributed by atoms with Crippen LogP contribution in [0.15, 0.2) is 6.20 Å². The highest BCUT2D eigenvalue weighted by molar-refractivity contribution is 5.66. The number of hydrogen-bond acceptors (Lipinski definition) is 3. The second-order valence-electron chi connectivity index (χ2n) is 4.45. The van der Waals surface area contributed by atoms with Crippen molar-refractivity contribution in [3.8, 4) is 0 Å². The molecule has 17 heavy (non-hydrogen) atoms. The summed E-state index contributed by atoms with van der Waals surface area (Å²) in [5, 5.41) is 16.5. The molecule has 0 aliphatic heterocycles. The van der Waals surface area contributed by atoms with Gasteiger partial charge in [0.15, 0.2) is 0 Å². The van der Waals surface area contributed by atoms with Crippen molar-refractivity contribution in [2.24, 2.45) is 0 Å². The van der Waals surface area contributed by atoms with Gasteiger partial charge in [0.25, 0.3) is 0 Å². The van der Waals surface area contributed by atoms with Crippen molar-refractivity contribution >= 4 is 5.97 Å². The molecule has 5 nitrogen and oxygen atoms in total. The summed E-state index contributed by atoms with van der Waals surface area (Å²) in [7, 11) is 0. The summed E-state index contributed by atoms with van der Waals surface area (Å²) in [6.45, 7) is 2.98. The molecule has 0 saturated heterocycles. The molecule has 94 valence electrons. The van der Waals surface area contributed by atoms with Crippen LogP contribution in [0.25, 0.3) is 0 Å². The molecule has 1 unspecified atom stereocenters. The van der Waals surface area contributed by atoms with Crippen molar-refractivity contribution in [2.75, 3.05) is 6.54 Å². The first-order valence-corrected chi connectivity index (χ1v) is 6.22. The van der Waals surface area contributed by atoms with Gasteiger partial charge < -0.3 is 10.4 Å². The lowest BCUT2D eigenvalue weighted by Gasteiger charge is -2.15. The zero-order valence-corrected chi connectivity index (χ0v) is 10.1. The molecule has 0 radical (unpaired) electrons. The third-order valence-corrected chi connectivity index (χ3v) is 3.25. The van der Waals surface area contributed by atoms with E-state index < -0.39 is 5.97 Å². The van der Waals surface area contributed by atoms with E-state index in [1.165, 1.54) is 12.0 Å². The number of carbonyl (C=O) groups is 1. The molecule has 5 heteroatoms. The molecule has 0 saturated carbocycles. The summed E-state index contributed by atoms with van der Waals surface area (Å²) >= 11 is 0. The van der Waals surface area contributed by atoms with E-state index in [1.54, 1.807) is 4.68 Å². The van der Waals surface area contributed by atoms with Gasteiger partial charge >= 0.3 is 5.97 Å². The largest absolute Gasteiger partial charge is 0.480 e. The first kappa shape index (κ1) is 12.1. The Bertz CT molecular complexity index is 400. The van der Waals surface area contributed by atoms with Crippen LogP contribution in [-0.2, 0) is 17.8 Å². The van der Waals surface area contributed by atoms with Crippen LogP contribution in [0, 0.1) is 0 Å². The van der Waals surface area contributed by atoms with Gasteiger partial charge in [0.1, 0.15) is 6.54 Å². The minimum atomic E-state index is -0.833. The predicted molar refractivity (Wildman–Crippen MR) is 63.8 cm³/mol. The average Bonchev–Trinajstić information content (AvgIpc) is 2.54. The van der Waals surface area contributed by atoms with E-state index in [2.05, 4.69) is 17.3 Å². The highest BCUT2D eigenvalue weighted by Crippen LogP contribution is 2.28. The van der Waals surface area contributed by atoms with Crippen LogP contribution in [0.4, 0.5) is 0 Å². The number of carboxylic acid groups (broad SMARTS) is 1. The Kier molecular flexibility index (Phi) is 3.78. The number of aliphatic carboxylic acids is 1. The fourth-order valence-corrected chi connectivity index (χ4v) is 2.51. The molecule has 0 spiro atoms. The number of fused-ring (bicyclic) bond motifs is 1. The van der Waals surface area contributed by atoms with E-state index in [0.29, 0.717) is 6.04 Å². The molecule has 1 atom stereocenters. The van der Waals surface area contributed by atoms with Crippen LogP contribution in [0.1, 0.15) is 43.5 Å². The van der Waals surface area contributed by atoms with Gasteiger partial charge in [-0.25, -0.2) is 0 Å². The first-order valence-electron chi connectivity index (χ1n) is 6.22. The zero-order valence-electron chi connectivity index (χ0n) is 10.1. The van der Waals surface area contributed by atoms with Gasteiger partial charge in [0.2, 0.25) is 0 Å². The summed E-state index contributed by atoms with van der Waals surface area (Å²) in [6.07, 6.45) is 6.17. The molecule has 1 heterocycles. The second-order valence-corrected chi connectivity index (χ2v) is 4.45. The summed E-state index contributed by atoms with van der Waals surface area (Å²) in [5.41, 5.74) is 2.28. The third-order valence-electron chi connectivity index (χ3n) is 3.25. The Morgan fingerprint density at radius 3 is 3.18 bits per heavy atom. The lowest BCUT2D eigenvalue weighted by Crippen LogP contribution is -2.21. The monoisotopic (exact) mass is 237 g/mol. The quantitative estimate of drug-likeness (QED) is 0.776. The summed E-state index contributed by atoms with van der Waals surface area (Å²) < 4.78 is 1.63. The molecule has 0 bridgehead atoms. The zero-order chi connectivity index (χ0) is 12.3. The van der Waals surface area contributed by atoms with Gasteiger partial charge in [-0.3, -0.25) is 9.48 Å². The summed E-state index contributed by atoms with van der Waals surface area (Å²) in [4.78, 5) is 10.8. The smallest absolute Gasteiger partial charge is 0.325 e. The Labute approximate surface area is 101 Å². The molecule has 1 aromatic rings. The average molecular weight is 237 g/mol. The van der Waals surface area contributed by atoms with Gasteiger partial charge in [-0.05, 0) is 25.8 Å². The predicted octanol–water partition coefficient (Wildman–Crippen LogP) is 1.34. The van der Waals surface area contributed by atoms with Crippen LogP contribution >= 0.6 is 0 Å². The number of rotatable bonds is 4. The molecule has 0 amide bonds. The van der Waals surface area contributed by atoms with Crippen molar-refractivity contribution in [2.45, 2.75) is 45.2 Å². The highest BCUT2D eigenvalue weighted by atomic mass is 16.4. The van der Waals surface area contributed by atoms with Crippen LogP contribution < -0.4 is 5.32 Å². The van der Waals surface area contributed by atoms with Gasteiger partial charge in [0.05, 0.1) is 6.20 Å². The first-order chi connectivity index (χ1) is 8.22. The molecular formula is C12H19N3O2. The van der Waals surface area contributed by atoms with Crippen LogP contribution in [0.5, 0.6) is 0 Å². The van der Waals surface area contributed by atoms with Crippen LogP contribution in [0.3, 0.4) is 0 Å². The normalized spacial score (nSPS) is 19.7. The Balaban J connectivity index is 2.27.